The largest absolute Gasteiger partial charge is 0.325 e. The van der Waals surface area contributed by atoms with Crippen LogP contribution in [-0.2, 0) is 21.9 Å². The van der Waals surface area contributed by atoms with Crippen LogP contribution in [0.3, 0.4) is 0 Å². The first-order valence-electron chi connectivity index (χ1n) is 9.12. The van der Waals surface area contributed by atoms with Crippen LogP contribution in [0.15, 0.2) is 50.6 Å². The summed E-state index contributed by atoms with van der Waals surface area (Å²) in [4.78, 5) is 30.2. The Hall–Kier alpha value is -2.21. The van der Waals surface area contributed by atoms with Gasteiger partial charge in [-0.05, 0) is 56.5 Å². The Labute approximate surface area is 182 Å². The van der Waals surface area contributed by atoms with Crippen LogP contribution in [0, 0.1) is 0 Å². The average Bonchev–Trinajstić information content (AvgIpc) is 3.13. The molecule has 8 nitrogen and oxygen atoms in total. The van der Waals surface area contributed by atoms with Gasteiger partial charge >= 0.3 is 0 Å². The van der Waals surface area contributed by atoms with Crippen molar-refractivity contribution >= 4 is 54.9 Å². The molecule has 0 spiro atoms. The smallest absolute Gasteiger partial charge is 0.262 e. The minimum Gasteiger partial charge on any atom is -0.325 e. The Morgan fingerprint density at radius 3 is 2.47 bits per heavy atom. The van der Waals surface area contributed by atoms with Gasteiger partial charge < -0.3 is 5.32 Å². The Morgan fingerprint density at radius 2 is 1.83 bits per heavy atom. The third-order valence-electron chi connectivity index (χ3n) is 4.14. The van der Waals surface area contributed by atoms with Gasteiger partial charge in [-0.1, -0.05) is 11.8 Å². The highest BCUT2D eigenvalue weighted by molar-refractivity contribution is 8.00. The number of nitrogens with one attached hydrogen (secondary N) is 2. The average molecular weight is 467 g/mol. The van der Waals surface area contributed by atoms with Crippen molar-refractivity contribution in [3.8, 4) is 0 Å². The van der Waals surface area contributed by atoms with Crippen LogP contribution in [0.2, 0.25) is 0 Å². The summed E-state index contributed by atoms with van der Waals surface area (Å²) in [6, 6.07) is 7.47. The molecule has 0 aliphatic heterocycles. The predicted molar refractivity (Wildman–Crippen MR) is 121 cm³/mol. The second-order valence-corrected chi connectivity index (χ2v) is 10.9. The number of aromatic nitrogens is 2. The molecule has 1 amide bonds. The fraction of sp³-hybridized carbons (Fsp3) is 0.316. The monoisotopic (exact) mass is 466 g/mol. The lowest BCUT2D eigenvalue weighted by molar-refractivity contribution is -0.115. The summed E-state index contributed by atoms with van der Waals surface area (Å²) in [6.07, 6.45) is 0. The highest BCUT2D eigenvalue weighted by Gasteiger charge is 2.20. The molecule has 2 N–H and O–H groups in total. The van der Waals surface area contributed by atoms with Crippen LogP contribution >= 0.6 is 23.1 Å². The molecule has 0 bridgehead atoms. The molecule has 0 fully saturated rings. The van der Waals surface area contributed by atoms with Crippen molar-refractivity contribution in [2.45, 2.75) is 42.1 Å². The van der Waals surface area contributed by atoms with Crippen molar-refractivity contribution in [3.63, 3.8) is 0 Å². The number of benzene rings is 1. The fourth-order valence-electron chi connectivity index (χ4n) is 2.64. The van der Waals surface area contributed by atoms with Crippen LogP contribution in [0.1, 0.15) is 20.8 Å². The number of hydrogen-bond donors (Lipinski definition) is 2. The van der Waals surface area contributed by atoms with E-state index in [4.69, 9.17) is 0 Å². The summed E-state index contributed by atoms with van der Waals surface area (Å²) < 4.78 is 28.3. The summed E-state index contributed by atoms with van der Waals surface area (Å²) >= 11 is 2.56. The molecule has 0 saturated heterocycles. The SMILES string of the molecule is CC(C)NS(=O)(=O)c1ccc(NC(=O)C(C)Sc2nc3sccc3c(=O)n2C)cc1. The minimum atomic E-state index is -3.59. The second-order valence-electron chi connectivity index (χ2n) is 6.95. The van der Waals surface area contributed by atoms with Gasteiger partial charge in [0.05, 0.1) is 15.5 Å². The summed E-state index contributed by atoms with van der Waals surface area (Å²) in [5, 5.41) is 5.07. The molecule has 1 atom stereocenters. The van der Waals surface area contributed by atoms with Crippen molar-refractivity contribution in [3.05, 3.63) is 46.1 Å². The third-order valence-corrected chi connectivity index (χ3v) is 7.76. The first-order chi connectivity index (χ1) is 14.1. The van der Waals surface area contributed by atoms with Gasteiger partial charge in [-0.15, -0.1) is 11.3 Å². The maximum atomic E-state index is 12.6. The van der Waals surface area contributed by atoms with E-state index in [1.54, 1.807) is 33.9 Å². The standard InChI is InChI=1S/C19H22N4O4S3/c1-11(2)22-30(26,27)14-7-5-13(6-8-14)20-16(24)12(3)29-19-21-17-15(9-10-28-17)18(25)23(19)4/h5-12,22H,1-4H3,(H,20,24). The number of hydrogen-bond acceptors (Lipinski definition) is 7. The van der Waals surface area contributed by atoms with E-state index >= 15 is 0 Å². The van der Waals surface area contributed by atoms with E-state index in [-0.39, 0.29) is 22.4 Å². The Kier molecular flexibility index (Phi) is 6.65. The van der Waals surface area contributed by atoms with Gasteiger partial charge in [-0.2, -0.15) is 0 Å². The molecule has 30 heavy (non-hydrogen) atoms. The quantitative estimate of drug-likeness (QED) is 0.409. The number of sulfonamides is 1. The van der Waals surface area contributed by atoms with Crippen LogP contribution < -0.4 is 15.6 Å². The van der Waals surface area contributed by atoms with Gasteiger partial charge in [0.15, 0.2) is 5.16 Å². The van der Waals surface area contributed by atoms with E-state index in [1.807, 2.05) is 5.38 Å². The Morgan fingerprint density at radius 1 is 1.17 bits per heavy atom. The van der Waals surface area contributed by atoms with Crippen LogP contribution in [0.4, 0.5) is 5.69 Å². The third kappa shape index (κ3) is 4.91. The number of amides is 1. The van der Waals surface area contributed by atoms with Gasteiger partial charge in [0.1, 0.15) is 4.83 Å². The predicted octanol–water partition coefficient (Wildman–Crippen LogP) is 2.80. The van der Waals surface area contributed by atoms with Gasteiger partial charge in [-0.3, -0.25) is 14.2 Å². The lowest BCUT2D eigenvalue weighted by atomic mass is 10.3. The molecule has 1 aromatic carbocycles. The molecule has 0 aliphatic carbocycles. The van der Waals surface area contributed by atoms with Crippen LogP contribution in [0.5, 0.6) is 0 Å². The van der Waals surface area contributed by atoms with Crippen molar-refractivity contribution in [1.29, 1.82) is 0 Å². The minimum absolute atomic E-state index is 0.125. The van der Waals surface area contributed by atoms with E-state index < -0.39 is 15.3 Å². The summed E-state index contributed by atoms with van der Waals surface area (Å²) in [7, 11) is -1.96. The molecular weight excluding hydrogens is 444 g/mol. The fourth-order valence-corrected chi connectivity index (χ4v) is 5.57. The number of thiophene rings is 1. The van der Waals surface area contributed by atoms with Crippen molar-refractivity contribution in [2.75, 3.05) is 5.32 Å². The number of thioether (sulfide) groups is 1. The Balaban J connectivity index is 1.70. The molecule has 0 saturated carbocycles. The molecule has 1 unspecified atom stereocenters. The lowest BCUT2D eigenvalue weighted by Crippen LogP contribution is -2.30. The zero-order valence-corrected chi connectivity index (χ0v) is 19.3. The molecular formula is C19H22N4O4S3. The lowest BCUT2D eigenvalue weighted by Gasteiger charge is -2.14. The number of anilines is 1. The molecule has 2 heterocycles. The van der Waals surface area contributed by atoms with Crippen molar-refractivity contribution in [1.82, 2.24) is 14.3 Å². The molecule has 3 aromatic rings. The molecule has 11 heteroatoms. The normalized spacial score (nSPS) is 13.0. The number of carbonyl (C=O) groups excluding carboxylic acids is 1. The summed E-state index contributed by atoms with van der Waals surface area (Å²) in [5.74, 6) is -0.281. The second kappa shape index (κ2) is 8.88. The zero-order chi connectivity index (χ0) is 22.1. The van der Waals surface area contributed by atoms with Gasteiger partial charge in [-0.25, -0.2) is 18.1 Å². The maximum absolute atomic E-state index is 12.6. The number of fused-ring (bicyclic) bond motifs is 1. The molecule has 0 radical (unpaired) electrons. The first kappa shape index (κ1) is 22.5. The maximum Gasteiger partial charge on any atom is 0.262 e. The topological polar surface area (TPSA) is 110 Å². The molecule has 160 valence electrons. The molecule has 2 aromatic heterocycles. The number of rotatable bonds is 7. The van der Waals surface area contributed by atoms with Gasteiger partial charge in [0, 0.05) is 18.8 Å². The van der Waals surface area contributed by atoms with E-state index in [1.165, 1.54) is 51.9 Å². The summed E-state index contributed by atoms with van der Waals surface area (Å²) in [5.41, 5.74) is 0.328. The van der Waals surface area contributed by atoms with Gasteiger partial charge in [0.2, 0.25) is 15.9 Å². The molecule has 0 aliphatic rings. The van der Waals surface area contributed by atoms with E-state index in [9.17, 15) is 18.0 Å². The van der Waals surface area contributed by atoms with Crippen LogP contribution in [-0.4, -0.2) is 35.2 Å². The first-order valence-corrected chi connectivity index (χ1v) is 12.4. The van der Waals surface area contributed by atoms with Crippen molar-refractivity contribution < 1.29 is 13.2 Å². The van der Waals surface area contributed by atoms with Crippen molar-refractivity contribution in [2.24, 2.45) is 7.05 Å². The highest BCUT2D eigenvalue weighted by atomic mass is 32.2. The van der Waals surface area contributed by atoms with E-state index in [0.29, 0.717) is 21.1 Å². The zero-order valence-electron chi connectivity index (χ0n) is 16.9. The number of carbonyl (C=O) groups is 1. The Bertz CT molecular complexity index is 1230. The summed E-state index contributed by atoms with van der Waals surface area (Å²) in [6.45, 7) is 5.20. The number of nitrogens with zero attached hydrogens (tertiary/aromatic N) is 2. The highest BCUT2D eigenvalue weighted by Crippen LogP contribution is 2.25. The molecule has 3 rings (SSSR count). The van der Waals surface area contributed by atoms with Crippen LogP contribution in [0.25, 0.3) is 10.2 Å². The van der Waals surface area contributed by atoms with E-state index in [2.05, 4.69) is 15.0 Å². The van der Waals surface area contributed by atoms with Gasteiger partial charge in [0.25, 0.3) is 5.56 Å². The van der Waals surface area contributed by atoms with E-state index in [0.717, 1.165) is 0 Å².